The Morgan fingerprint density at radius 3 is 2.73 bits per heavy atom. The summed E-state index contributed by atoms with van der Waals surface area (Å²) >= 11 is 5.48. The van der Waals surface area contributed by atoms with Crippen molar-refractivity contribution in [1.82, 2.24) is 0 Å². The number of thioether (sulfide) groups is 1. The first-order valence-electron chi connectivity index (χ1n) is 5.33. The molecule has 0 saturated carbocycles. The van der Waals surface area contributed by atoms with Gasteiger partial charge < -0.3 is 5.73 Å². The standard InChI is InChI=1S/C12H16BrNS/c13-11-3-1-9(2-4-11)7-12(14)10-5-6-15-8-10/h1-4,10,12H,5-8,14H2. The summed E-state index contributed by atoms with van der Waals surface area (Å²) in [5, 5.41) is 0. The Balaban J connectivity index is 1.92. The van der Waals surface area contributed by atoms with E-state index in [2.05, 4.69) is 40.2 Å². The van der Waals surface area contributed by atoms with Gasteiger partial charge in [0.1, 0.15) is 0 Å². The molecule has 1 aliphatic rings. The van der Waals surface area contributed by atoms with Crippen LogP contribution in [0.15, 0.2) is 28.7 Å². The molecule has 0 amide bonds. The van der Waals surface area contributed by atoms with Crippen LogP contribution in [0.25, 0.3) is 0 Å². The Kier molecular flexibility index (Phi) is 4.12. The molecule has 0 radical (unpaired) electrons. The van der Waals surface area contributed by atoms with E-state index in [0.717, 1.165) is 16.8 Å². The van der Waals surface area contributed by atoms with Gasteiger partial charge in [0, 0.05) is 10.5 Å². The van der Waals surface area contributed by atoms with Crippen molar-refractivity contribution in [2.45, 2.75) is 18.9 Å². The van der Waals surface area contributed by atoms with Gasteiger partial charge in [-0.2, -0.15) is 11.8 Å². The first-order chi connectivity index (χ1) is 7.25. The summed E-state index contributed by atoms with van der Waals surface area (Å²) in [6.07, 6.45) is 2.31. The van der Waals surface area contributed by atoms with Crippen LogP contribution in [0, 0.1) is 5.92 Å². The highest BCUT2D eigenvalue weighted by atomic mass is 79.9. The molecule has 1 aromatic carbocycles. The van der Waals surface area contributed by atoms with Crippen molar-refractivity contribution < 1.29 is 0 Å². The topological polar surface area (TPSA) is 26.0 Å². The summed E-state index contributed by atoms with van der Waals surface area (Å²) in [4.78, 5) is 0. The van der Waals surface area contributed by atoms with E-state index >= 15 is 0 Å². The van der Waals surface area contributed by atoms with Crippen LogP contribution < -0.4 is 5.73 Å². The molecule has 1 heterocycles. The average Bonchev–Trinajstić information content (AvgIpc) is 2.74. The summed E-state index contributed by atoms with van der Waals surface area (Å²) in [5.74, 6) is 3.26. The fourth-order valence-corrected chi connectivity index (χ4v) is 3.57. The first kappa shape index (κ1) is 11.5. The molecule has 0 aromatic heterocycles. The number of hydrogen-bond acceptors (Lipinski definition) is 2. The maximum Gasteiger partial charge on any atom is 0.0175 e. The molecule has 1 nitrogen and oxygen atoms in total. The van der Waals surface area contributed by atoms with Crippen LogP contribution in [-0.4, -0.2) is 17.5 Å². The molecule has 1 aliphatic heterocycles. The summed E-state index contributed by atoms with van der Waals surface area (Å²) in [6, 6.07) is 8.83. The molecule has 0 spiro atoms. The van der Waals surface area contributed by atoms with Gasteiger partial charge in [-0.15, -0.1) is 0 Å². The summed E-state index contributed by atoms with van der Waals surface area (Å²) in [7, 11) is 0. The van der Waals surface area contributed by atoms with Crippen LogP contribution in [-0.2, 0) is 6.42 Å². The number of rotatable bonds is 3. The van der Waals surface area contributed by atoms with E-state index in [9.17, 15) is 0 Å². The van der Waals surface area contributed by atoms with Gasteiger partial charge in [-0.3, -0.25) is 0 Å². The number of hydrogen-bond donors (Lipinski definition) is 1. The molecule has 2 atom stereocenters. The molecule has 15 heavy (non-hydrogen) atoms. The second-order valence-electron chi connectivity index (χ2n) is 4.12. The van der Waals surface area contributed by atoms with E-state index in [-0.39, 0.29) is 0 Å². The van der Waals surface area contributed by atoms with Crippen molar-refractivity contribution in [2.24, 2.45) is 11.7 Å². The lowest BCUT2D eigenvalue weighted by Crippen LogP contribution is -2.32. The number of nitrogens with two attached hydrogens (primary N) is 1. The van der Waals surface area contributed by atoms with E-state index in [0.29, 0.717) is 6.04 Å². The quantitative estimate of drug-likeness (QED) is 0.924. The minimum Gasteiger partial charge on any atom is -0.327 e. The lowest BCUT2D eigenvalue weighted by atomic mass is 9.94. The highest BCUT2D eigenvalue weighted by molar-refractivity contribution is 9.10. The maximum atomic E-state index is 6.22. The van der Waals surface area contributed by atoms with E-state index < -0.39 is 0 Å². The monoisotopic (exact) mass is 285 g/mol. The highest BCUT2D eigenvalue weighted by Gasteiger charge is 2.22. The SMILES string of the molecule is NC(Cc1ccc(Br)cc1)C1CCSC1. The molecule has 82 valence electrons. The normalized spacial score (nSPS) is 22.9. The maximum absolute atomic E-state index is 6.22. The number of benzene rings is 1. The summed E-state index contributed by atoms with van der Waals surface area (Å²) < 4.78 is 1.14. The van der Waals surface area contributed by atoms with Crippen LogP contribution in [0.1, 0.15) is 12.0 Å². The summed E-state index contributed by atoms with van der Waals surface area (Å²) in [6.45, 7) is 0. The van der Waals surface area contributed by atoms with Gasteiger partial charge in [0.25, 0.3) is 0 Å². The Labute approximate surface area is 104 Å². The van der Waals surface area contributed by atoms with Gasteiger partial charge in [-0.05, 0) is 48.0 Å². The van der Waals surface area contributed by atoms with Crippen LogP contribution in [0.2, 0.25) is 0 Å². The average molecular weight is 286 g/mol. The second-order valence-corrected chi connectivity index (χ2v) is 6.18. The van der Waals surface area contributed by atoms with Crippen molar-refractivity contribution in [2.75, 3.05) is 11.5 Å². The van der Waals surface area contributed by atoms with Gasteiger partial charge in [0.15, 0.2) is 0 Å². The minimum atomic E-state index is 0.334. The number of halogens is 1. The molecular weight excluding hydrogens is 270 g/mol. The predicted octanol–water partition coefficient (Wildman–Crippen LogP) is 3.07. The van der Waals surface area contributed by atoms with Crippen molar-refractivity contribution in [3.05, 3.63) is 34.3 Å². The van der Waals surface area contributed by atoms with Crippen molar-refractivity contribution >= 4 is 27.7 Å². The van der Waals surface area contributed by atoms with Crippen molar-refractivity contribution in [3.8, 4) is 0 Å². The zero-order valence-electron chi connectivity index (χ0n) is 8.66. The van der Waals surface area contributed by atoms with E-state index in [1.54, 1.807) is 0 Å². The Morgan fingerprint density at radius 2 is 2.13 bits per heavy atom. The smallest absolute Gasteiger partial charge is 0.0175 e. The van der Waals surface area contributed by atoms with Gasteiger partial charge >= 0.3 is 0 Å². The molecule has 0 aliphatic carbocycles. The lowest BCUT2D eigenvalue weighted by Gasteiger charge is -2.18. The fraction of sp³-hybridized carbons (Fsp3) is 0.500. The van der Waals surface area contributed by atoms with Crippen LogP contribution in [0.4, 0.5) is 0 Å². The molecule has 1 aromatic rings. The van der Waals surface area contributed by atoms with Crippen molar-refractivity contribution in [3.63, 3.8) is 0 Å². The third kappa shape index (κ3) is 3.23. The molecule has 1 saturated heterocycles. The third-order valence-electron chi connectivity index (χ3n) is 2.96. The fourth-order valence-electron chi connectivity index (χ4n) is 1.95. The molecular formula is C12H16BrNS. The largest absolute Gasteiger partial charge is 0.327 e. The first-order valence-corrected chi connectivity index (χ1v) is 7.28. The predicted molar refractivity (Wildman–Crippen MR) is 71.3 cm³/mol. The Bertz CT molecular complexity index is 306. The summed E-state index contributed by atoms with van der Waals surface area (Å²) in [5.41, 5.74) is 7.57. The zero-order valence-corrected chi connectivity index (χ0v) is 11.1. The van der Waals surface area contributed by atoms with Crippen LogP contribution >= 0.6 is 27.7 Å². The lowest BCUT2D eigenvalue weighted by molar-refractivity contribution is 0.463. The van der Waals surface area contributed by atoms with Gasteiger partial charge in [0.2, 0.25) is 0 Å². The van der Waals surface area contributed by atoms with Crippen LogP contribution in [0.5, 0.6) is 0 Å². The Hall–Kier alpha value is 0.01000. The van der Waals surface area contributed by atoms with E-state index in [1.165, 1.54) is 23.5 Å². The molecule has 3 heteroatoms. The van der Waals surface area contributed by atoms with Gasteiger partial charge in [0.05, 0.1) is 0 Å². The van der Waals surface area contributed by atoms with Crippen LogP contribution in [0.3, 0.4) is 0 Å². The minimum absolute atomic E-state index is 0.334. The molecule has 0 bridgehead atoms. The zero-order chi connectivity index (χ0) is 10.7. The molecule has 2 unspecified atom stereocenters. The highest BCUT2D eigenvalue weighted by Crippen LogP contribution is 2.26. The van der Waals surface area contributed by atoms with E-state index in [4.69, 9.17) is 5.73 Å². The molecule has 2 N–H and O–H groups in total. The van der Waals surface area contributed by atoms with E-state index in [1.807, 2.05) is 11.8 Å². The third-order valence-corrected chi connectivity index (χ3v) is 4.67. The van der Waals surface area contributed by atoms with Crippen molar-refractivity contribution in [1.29, 1.82) is 0 Å². The Morgan fingerprint density at radius 1 is 1.40 bits per heavy atom. The second kappa shape index (κ2) is 5.37. The molecule has 2 rings (SSSR count). The van der Waals surface area contributed by atoms with Gasteiger partial charge in [-0.25, -0.2) is 0 Å². The molecule has 1 fully saturated rings. The van der Waals surface area contributed by atoms with Gasteiger partial charge in [-0.1, -0.05) is 28.1 Å².